The van der Waals surface area contributed by atoms with E-state index in [9.17, 15) is 14.7 Å². The quantitative estimate of drug-likeness (QED) is 0.601. The number of nitrogens with zero attached hydrogens (tertiary/aromatic N) is 4. The second kappa shape index (κ2) is 8.80. The van der Waals surface area contributed by atoms with Gasteiger partial charge in [-0.2, -0.15) is 0 Å². The Morgan fingerprint density at radius 1 is 1.14 bits per heavy atom. The number of carbonyl (C=O) groups excluding carboxylic acids is 2. The molecule has 0 bridgehead atoms. The zero-order valence-electron chi connectivity index (χ0n) is 20.1. The molecule has 6 rings (SSSR count). The third-order valence-corrected chi connectivity index (χ3v) is 7.37. The van der Waals surface area contributed by atoms with Crippen LogP contribution >= 0.6 is 0 Å². The molecular weight excluding hydrogens is 456 g/mol. The van der Waals surface area contributed by atoms with Gasteiger partial charge in [-0.1, -0.05) is 42.5 Å². The van der Waals surface area contributed by atoms with Crippen molar-refractivity contribution in [3.8, 4) is 11.1 Å². The van der Waals surface area contributed by atoms with E-state index in [2.05, 4.69) is 23.2 Å². The van der Waals surface area contributed by atoms with Gasteiger partial charge in [0.2, 0.25) is 0 Å². The molecule has 3 aliphatic rings. The van der Waals surface area contributed by atoms with E-state index in [1.54, 1.807) is 16.0 Å². The lowest BCUT2D eigenvalue weighted by Gasteiger charge is -2.41. The molecule has 1 N–H and O–H groups in total. The highest BCUT2D eigenvalue weighted by Crippen LogP contribution is 2.35. The van der Waals surface area contributed by atoms with Crippen LogP contribution in [0.5, 0.6) is 0 Å². The van der Waals surface area contributed by atoms with Crippen molar-refractivity contribution in [3.05, 3.63) is 66.4 Å². The van der Waals surface area contributed by atoms with Crippen molar-refractivity contribution in [2.45, 2.75) is 25.0 Å². The standard InChI is InChI=1S/C28H28N4O4/c1-18(33)26(34)31-14-19(15-31)16-32-25(30-28(27(32)35)10-12-36-17-28)22-7-4-20(5-8-22)23-9-6-21-3-2-11-29-24(21)13-23/h2-9,11,13,18-19,33H,10,12,14-17H2,1H3. The summed E-state index contributed by atoms with van der Waals surface area (Å²) in [5, 5.41) is 10.7. The van der Waals surface area contributed by atoms with Crippen LogP contribution in [0.2, 0.25) is 0 Å². The number of carbonyl (C=O) groups is 2. The van der Waals surface area contributed by atoms with Crippen LogP contribution in [0.1, 0.15) is 18.9 Å². The Morgan fingerprint density at radius 3 is 2.61 bits per heavy atom. The monoisotopic (exact) mass is 484 g/mol. The predicted octanol–water partition coefficient (Wildman–Crippen LogP) is 2.49. The van der Waals surface area contributed by atoms with E-state index in [-0.39, 0.29) is 17.7 Å². The number of likely N-dealkylation sites (tertiary alicyclic amines) is 1. The first-order valence-electron chi connectivity index (χ1n) is 12.4. The van der Waals surface area contributed by atoms with E-state index in [1.807, 2.05) is 36.4 Å². The first-order valence-corrected chi connectivity index (χ1v) is 12.4. The van der Waals surface area contributed by atoms with Gasteiger partial charge in [0.05, 0.1) is 12.1 Å². The minimum atomic E-state index is -1.01. The van der Waals surface area contributed by atoms with Gasteiger partial charge in [0.1, 0.15) is 11.9 Å². The molecule has 0 saturated carbocycles. The van der Waals surface area contributed by atoms with Crippen molar-refractivity contribution in [2.75, 3.05) is 32.8 Å². The van der Waals surface area contributed by atoms with Crippen LogP contribution < -0.4 is 0 Å². The van der Waals surface area contributed by atoms with Gasteiger partial charge in [-0.15, -0.1) is 0 Å². The van der Waals surface area contributed by atoms with Gasteiger partial charge < -0.3 is 14.7 Å². The van der Waals surface area contributed by atoms with Crippen LogP contribution in [0.4, 0.5) is 0 Å². The van der Waals surface area contributed by atoms with E-state index in [0.29, 0.717) is 45.1 Å². The number of fused-ring (bicyclic) bond motifs is 1. The van der Waals surface area contributed by atoms with Crippen LogP contribution in [-0.2, 0) is 14.3 Å². The molecule has 3 aromatic rings. The fourth-order valence-corrected chi connectivity index (χ4v) is 5.30. The number of rotatable bonds is 5. The molecule has 2 saturated heterocycles. The van der Waals surface area contributed by atoms with Crippen molar-refractivity contribution in [2.24, 2.45) is 10.9 Å². The molecule has 8 heteroatoms. The number of hydrogen-bond acceptors (Lipinski definition) is 6. The lowest BCUT2D eigenvalue weighted by atomic mass is 9.96. The van der Waals surface area contributed by atoms with Gasteiger partial charge in [0, 0.05) is 55.7 Å². The van der Waals surface area contributed by atoms with Crippen molar-refractivity contribution >= 4 is 28.6 Å². The van der Waals surface area contributed by atoms with E-state index in [1.165, 1.54) is 6.92 Å². The summed E-state index contributed by atoms with van der Waals surface area (Å²) in [6, 6.07) is 18.3. The highest BCUT2D eigenvalue weighted by molar-refractivity contribution is 6.15. The van der Waals surface area contributed by atoms with E-state index in [4.69, 9.17) is 9.73 Å². The zero-order valence-corrected chi connectivity index (χ0v) is 20.1. The maximum atomic E-state index is 13.5. The summed E-state index contributed by atoms with van der Waals surface area (Å²) < 4.78 is 5.58. The largest absolute Gasteiger partial charge is 0.384 e. The average molecular weight is 485 g/mol. The van der Waals surface area contributed by atoms with Crippen LogP contribution in [-0.4, -0.2) is 82.0 Å². The third-order valence-electron chi connectivity index (χ3n) is 7.37. The van der Waals surface area contributed by atoms with Crippen molar-refractivity contribution < 1.29 is 19.4 Å². The molecule has 0 radical (unpaired) electrons. The van der Waals surface area contributed by atoms with Crippen molar-refractivity contribution in [1.29, 1.82) is 0 Å². The molecule has 1 aromatic heterocycles. The zero-order chi connectivity index (χ0) is 24.9. The number of hydrogen-bond donors (Lipinski definition) is 1. The van der Waals surface area contributed by atoms with Crippen molar-refractivity contribution in [3.63, 3.8) is 0 Å². The number of ether oxygens (including phenoxy) is 1. The fourth-order valence-electron chi connectivity index (χ4n) is 5.30. The van der Waals surface area contributed by atoms with Crippen LogP contribution in [0.3, 0.4) is 0 Å². The molecule has 2 aromatic carbocycles. The smallest absolute Gasteiger partial charge is 0.258 e. The van der Waals surface area contributed by atoms with Crippen LogP contribution in [0, 0.1) is 5.92 Å². The Hall–Kier alpha value is -3.62. The van der Waals surface area contributed by atoms with Crippen LogP contribution in [0.25, 0.3) is 22.0 Å². The van der Waals surface area contributed by atoms with Gasteiger partial charge in [0.15, 0.2) is 5.54 Å². The second-order valence-electron chi connectivity index (χ2n) is 9.96. The number of aliphatic hydroxyl groups is 1. The molecule has 2 atom stereocenters. The Bertz CT molecular complexity index is 1360. The summed E-state index contributed by atoms with van der Waals surface area (Å²) in [5.74, 6) is 0.509. The highest BCUT2D eigenvalue weighted by atomic mass is 16.5. The van der Waals surface area contributed by atoms with Gasteiger partial charge in [-0.25, -0.2) is 4.99 Å². The van der Waals surface area contributed by atoms with Gasteiger partial charge in [-0.05, 0) is 30.2 Å². The summed E-state index contributed by atoms with van der Waals surface area (Å²) >= 11 is 0. The first-order chi connectivity index (χ1) is 17.4. The number of amides is 2. The Morgan fingerprint density at radius 2 is 1.89 bits per heavy atom. The molecule has 2 fully saturated rings. The normalized spacial score (nSPS) is 22.8. The molecule has 2 unspecified atom stereocenters. The molecule has 3 aliphatic heterocycles. The Balaban J connectivity index is 1.25. The third kappa shape index (κ3) is 3.86. The molecule has 4 heterocycles. The molecule has 184 valence electrons. The molecule has 0 aliphatic carbocycles. The Labute approximate surface area is 209 Å². The van der Waals surface area contributed by atoms with Crippen LogP contribution in [0.15, 0.2) is 65.8 Å². The average Bonchev–Trinajstić information content (AvgIpc) is 3.46. The summed E-state index contributed by atoms with van der Waals surface area (Å²) in [4.78, 5) is 38.4. The first kappa shape index (κ1) is 22.8. The summed E-state index contributed by atoms with van der Waals surface area (Å²) in [7, 11) is 0. The van der Waals surface area contributed by atoms with E-state index >= 15 is 0 Å². The number of aromatic nitrogens is 1. The van der Waals surface area contributed by atoms with Gasteiger partial charge in [-0.3, -0.25) is 19.5 Å². The minimum absolute atomic E-state index is 0.0278. The van der Waals surface area contributed by atoms with E-state index in [0.717, 1.165) is 27.6 Å². The molecular formula is C28H28N4O4. The van der Waals surface area contributed by atoms with Crippen molar-refractivity contribution in [1.82, 2.24) is 14.8 Å². The number of pyridine rings is 1. The fraction of sp³-hybridized carbons (Fsp3) is 0.357. The molecule has 2 amide bonds. The summed E-state index contributed by atoms with van der Waals surface area (Å²) in [6.07, 6.45) is 1.36. The predicted molar refractivity (Wildman–Crippen MR) is 135 cm³/mol. The molecule has 1 spiro atoms. The van der Waals surface area contributed by atoms with Gasteiger partial charge in [0.25, 0.3) is 11.8 Å². The number of amidine groups is 1. The van der Waals surface area contributed by atoms with E-state index < -0.39 is 11.6 Å². The number of aliphatic imine (C=N–C) groups is 1. The topological polar surface area (TPSA) is 95.3 Å². The minimum Gasteiger partial charge on any atom is -0.384 e. The lowest BCUT2D eigenvalue weighted by Crippen LogP contribution is -2.57. The maximum Gasteiger partial charge on any atom is 0.258 e. The summed E-state index contributed by atoms with van der Waals surface area (Å²) in [6.45, 7) is 3.84. The summed E-state index contributed by atoms with van der Waals surface area (Å²) in [5.41, 5.74) is 3.12. The maximum absolute atomic E-state index is 13.5. The second-order valence-corrected chi connectivity index (χ2v) is 9.96. The highest BCUT2D eigenvalue weighted by Gasteiger charge is 2.52. The Kier molecular flexibility index (Phi) is 5.58. The number of aliphatic hydroxyl groups excluding tert-OH is 1. The molecule has 36 heavy (non-hydrogen) atoms. The van der Waals surface area contributed by atoms with Gasteiger partial charge >= 0.3 is 0 Å². The molecule has 8 nitrogen and oxygen atoms in total. The number of benzene rings is 2. The lowest BCUT2D eigenvalue weighted by molar-refractivity contribution is -0.146. The SMILES string of the molecule is CC(O)C(=O)N1CC(CN2C(=O)C3(CCOC3)N=C2c2ccc(-c3ccc4cccnc4c3)cc2)C1.